The highest BCUT2D eigenvalue weighted by atomic mass is 79.9. The van der Waals surface area contributed by atoms with Crippen LogP contribution in [0.4, 0.5) is 5.69 Å². The fourth-order valence-electron chi connectivity index (χ4n) is 3.67. The average molecular weight is 683 g/mol. The molecular formula is C26H20Br2Cl2N4O4. The highest BCUT2D eigenvalue weighted by Gasteiger charge is 2.22. The molecule has 0 aliphatic carbocycles. The molecule has 0 radical (unpaired) electrons. The van der Waals surface area contributed by atoms with Gasteiger partial charge in [-0.1, -0.05) is 75.0 Å². The summed E-state index contributed by atoms with van der Waals surface area (Å²) in [5.74, 6) is 0.393. The van der Waals surface area contributed by atoms with E-state index < -0.39 is 4.92 Å². The third kappa shape index (κ3) is 6.09. The van der Waals surface area contributed by atoms with E-state index in [1.807, 2.05) is 19.9 Å². The Morgan fingerprint density at radius 3 is 2.58 bits per heavy atom. The van der Waals surface area contributed by atoms with Crippen LogP contribution >= 0.6 is 55.1 Å². The number of rotatable bonds is 8. The van der Waals surface area contributed by atoms with Crippen molar-refractivity contribution in [1.29, 1.82) is 0 Å². The van der Waals surface area contributed by atoms with Crippen LogP contribution in [0.25, 0.3) is 10.9 Å². The number of ether oxygens (including phenoxy) is 1. The van der Waals surface area contributed by atoms with Crippen molar-refractivity contribution < 1.29 is 9.66 Å². The molecule has 0 spiro atoms. The van der Waals surface area contributed by atoms with Gasteiger partial charge in [-0.3, -0.25) is 14.9 Å². The maximum atomic E-state index is 13.5. The van der Waals surface area contributed by atoms with Gasteiger partial charge in [-0.05, 0) is 48.4 Å². The molecule has 0 saturated carbocycles. The number of halogens is 4. The second-order valence-electron chi connectivity index (χ2n) is 8.44. The van der Waals surface area contributed by atoms with Crippen LogP contribution in [-0.2, 0) is 6.61 Å². The van der Waals surface area contributed by atoms with Gasteiger partial charge >= 0.3 is 5.69 Å². The van der Waals surface area contributed by atoms with Gasteiger partial charge in [0.05, 0.1) is 32.1 Å². The maximum Gasteiger partial charge on any atom is 0.312 e. The summed E-state index contributed by atoms with van der Waals surface area (Å²) in [6, 6.07) is 13.2. The largest absolute Gasteiger partial charge is 0.481 e. The molecule has 1 atom stereocenters. The lowest BCUT2D eigenvalue weighted by Crippen LogP contribution is -2.23. The van der Waals surface area contributed by atoms with Crippen molar-refractivity contribution in [1.82, 2.24) is 9.66 Å². The van der Waals surface area contributed by atoms with E-state index in [1.165, 1.54) is 17.0 Å². The molecule has 4 rings (SSSR count). The number of hydrogen-bond acceptors (Lipinski definition) is 6. The molecule has 4 aromatic rings. The Hall–Kier alpha value is -2.79. The summed E-state index contributed by atoms with van der Waals surface area (Å²) >= 11 is 18.8. The fourth-order valence-corrected chi connectivity index (χ4v) is 4.82. The molecular weight excluding hydrogens is 663 g/mol. The van der Waals surface area contributed by atoms with Crippen LogP contribution < -0.4 is 10.3 Å². The molecule has 0 aliphatic rings. The minimum atomic E-state index is -0.544. The molecule has 1 heterocycles. The summed E-state index contributed by atoms with van der Waals surface area (Å²) in [5, 5.41) is 17.4. The predicted molar refractivity (Wildman–Crippen MR) is 157 cm³/mol. The monoisotopic (exact) mass is 680 g/mol. The molecule has 8 nitrogen and oxygen atoms in total. The fraction of sp³-hybridized carbons (Fsp3) is 0.192. The first-order valence-corrected chi connectivity index (χ1v) is 13.7. The van der Waals surface area contributed by atoms with Gasteiger partial charge in [0.25, 0.3) is 5.56 Å². The molecule has 0 saturated heterocycles. The molecule has 3 aromatic carbocycles. The number of aromatic nitrogens is 2. The number of benzene rings is 3. The van der Waals surface area contributed by atoms with Gasteiger partial charge < -0.3 is 4.74 Å². The van der Waals surface area contributed by atoms with E-state index in [9.17, 15) is 14.9 Å². The van der Waals surface area contributed by atoms with Gasteiger partial charge in [-0.25, -0.2) is 4.98 Å². The van der Waals surface area contributed by atoms with E-state index in [4.69, 9.17) is 32.9 Å². The van der Waals surface area contributed by atoms with E-state index in [0.717, 1.165) is 10.9 Å². The Kier molecular flexibility index (Phi) is 8.87. The second kappa shape index (κ2) is 11.9. The van der Waals surface area contributed by atoms with Crippen molar-refractivity contribution in [2.75, 3.05) is 0 Å². The third-order valence-corrected chi connectivity index (χ3v) is 7.52. The molecule has 0 aliphatic heterocycles. The van der Waals surface area contributed by atoms with Gasteiger partial charge in [-0.15, -0.1) is 0 Å². The first-order chi connectivity index (χ1) is 18.1. The summed E-state index contributed by atoms with van der Waals surface area (Å²) in [6.45, 7) is 3.93. The van der Waals surface area contributed by atoms with Crippen LogP contribution in [-0.4, -0.2) is 20.8 Å². The molecule has 0 bridgehead atoms. The minimum Gasteiger partial charge on any atom is -0.481 e. The van der Waals surface area contributed by atoms with Crippen molar-refractivity contribution in [3.05, 3.63) is 105 Å². The first-order valence-electron chi connectivity index (χ1n) is 11.4. The third-order valence-electron chi connectivity index (χ3n) is 5.83. The zero-order valence-corrected chi connectivity index (χ0v) is 24.8. The standard InChI is InChI=1S/C26H20Br2Cl2N4O4/c1-3-14(2)25-32-22-7-5-17(27)10-19(22)26(35)33(25)31-12-16-9-18(28)11-23(34(36)37)24(16)38-13-15-4-6-20(29)21(30)8-15/h4-12,14H,3,13H2,1-2H3/t14-/m0/s1. The molecule has 0 amide bonds. The number of fused-ring (bicyclic) bond motifs is 1. The van der Waals surface area contributed by atoms with Crippen LogP contribution in [0.3, 0.4) is 0 Å². The normalized spacial score (nSPS) is 12.3. The summed E-state index contributed by atoms with van der Waals surface area (Å²) in [4.78, 5) is 29.5. The van der Waals surface area contributed by atoms with Crippen molar-refractivity contribution in [2.24, 2.45) is 5.10 Å². The summed E-state index contributed by atoms with van der Waals surface area (Å²) < 4.78 is 8.32. The van der Waals surface area contributed by atoms with E-state index in [2.05, 4.69) is 37.0 Å². The van der Waals surface area contributed by atoms with E-state index in [-0.39, 0.29) is 29.5 Å². The van der Waals surface area contributed by atoms with Gasteiger partial charge in [0.2, 0.25) is 5.75 Å². The lowest BCUT2D eigenvalue weighted by Gasteiger charge is -2.14. The molecule has 0 N–H and O–H groups in total. The van der Waals surface area contributed by atoms with E-state index >= 15 is 0 Å². The van der Waals surface area contributed by atoms with E-state index in [0.29, 0.717) is 42.4 Å². The smallest absolute Gasteiger partial charge is 0.312 e. The van der Waals surface area contributed by atoms with E-state index in [1.54, 1.807) is 36.4 Å². The Morgan fingerprint density at radius 2 is 1.89 bits per heavy atom. The predicted octanol–water partition coefficient (Wildman–Crippen LogP) is 8.11. The number of nitrogens with zero attached hydrogens (tertiary/aromatic N) is 4. The van der Waals surface area contributed by atoms with Crippen LogP contribution in [0.5, 0.6) is 5.75 Å². The number of nitro benzene ring substituents is 1. The Labute approximate surface area is 244 Å². The topological polar surface area (TPSA) is 99.6 Å². The quantitative estimate of drug-likeness (QED) is 0.106. The summed E-state index contributed by atoms with van der Waals surface area (Å²) in [5.41, 5.74) is 0.895. The SMILES string of the molecule is CC[C@H](C)c1nc2ccc(Br)cc2c(=O)n1N=Cc1cc(Br)cc([N+](=O)[O-])c1OCc1ccc(Cl)c(Cl)c1. The van der Waals surface area contributed by atoms with Crippen molar-refractivity contribution in [3.63, 3.8) is 0 Å². The molecule has 38 heavy (non-hydrogen) atoms. The lowest BCUT2D eigenvalue weighted by atomic mass is 10.1. The molecule has 0 fully saturated rings. The van der Waals surface area contributed by atoms with Gasteiger partial charge in [-0.2, -0.15) is 9.78 Å². The lowest BCUT2D eigenvalue weighted by molar-refractivity contribution is -0.386. The number of hydrogen-bond donors (Lipinski definition) is 0. The van der Waals surface area contributed by atoms with Gasteiger partial charge in [0, 0.05) is 26.5 Å². The summed E-state index contributed by atoms with van der Waals surface area (Å²) in [6.07, 6.45) is 2.09. The Bertz CT molecular complexity index is 1640. The minimum absolute atomic E-state index is 0.0101. The zero-order chi connectivity index (χ0) is 27.6. The van der Waals surface area contributed by atoms with Gasteiger partial charge in [0.15, 0.2) is 0 Å². The van der Waals surface area contributed by atoms with Crippen molar-refractivity contribution >= 4 is 77.9 Å². The number of nitro groups is 1. The molecule has 12 heteroatoms. The summed E-state index contributed by atoms with van der Waals surface area (Å²) in [7, 11) is 0. The van der Waals surface area contributed by atoms with Crippen LogP contribution in [0.2, 0.25) is 10.0 Å². The first kappa shape index (κ1) is 28.2. The molecule has 0 unspecified atom stereocenters. The van der Waals surface area contributed by atoms with Crippen LogP contribution in [0, 0.1) is 10.1 Å². The van der Waals surface area contributed by atoms with Crippen LogP contribution in [0.15, 0.2) is 67.4 Å². The van der Waals surface area contributed by atoms with Gasteiger partial charge in [0.1, 0.15) is 12.4 Å². The maximum absolute atomic E-state index is 13.5. The van der Waals surface area contributed by atoms with Crippen LogP contribution in [0.1, 0.15) is 43.1 Å². The average Bonchev–Trinajstić information content (AvgIpc) is 2.88. The molecule has 196 valence electrons. The molecule has 1 aromatic heterocycles. The Morgan fingerprint density at radius 1 is 1.13 bits per heavy atom. The Balaban J connectivity index is 1.83. The zero-order valence-electron chi connectivity index (χ0n) is 20.1. The highest BCUT2D eigenvalue weighted by Crippen LogP contribution is 2.35. The highest BCUT2D eigenvalue weighted by molar-refractivity contribution is 9.10. The second-order valence-corrected chi connectivity index (χ2v) is 11.1. The van der Waals surface area contributed by atoms with Crippen molar-refractivity contribution in [2.45, 2.75) is 32.8 Å². The van der Waals surface area contributed by atoms with Crippen molar-refractivity contribution in [3.8, 4) is 5.75 Å².